The molecule has 49 heavy (non-hydrogen) atoms. The minimum atomic E-state index is -1.59. The van der Waals surface area contributed by atoms with Gasteiger partial charge in [-0.3, -0.25) is 0 Å². The highest BCUT2D eigenvalue weighted by molar-refractivity contribution is 7.16. The van der Waals surface area contributed by atoms with Gasteiger partial charge in [0, 0.05) is 32.0 Å². The lowest BCUT2D eigenvalue weighted by atomic mass is 9.92. The molecule has 5 aromatic rings. The lowest BCUT2D eigenvalue weighted by molar-refractivity contribution is 0.448. The largest absolute Gasteiger partial charge is 0.206 e. The van der Waals surface area contributed by atoms with Crippen molar-refractivity contribution >= 4 is 22.5 Å². The number of thiophene rings is 1. The second kappa shape index (κ2) is 11.6. The molecule has 0 aliphatic heterocycles. The van der Waals surface area contributed by atoms with Crippen molar-refractivity contribution in [3.8, 4) is 68.8 Å². The van der Waals surface area contributed by atoms with Crippen LogP contribution in [0.3, 0.4) is 0 Å². The van der Waals surface area contributed by atoms with Gasteiger partial charge in [-0.15, -0.1) is 17.9 Å². The van der Waals surface area contributed by atoms with Crippen LogP contribution >= 0.6 is 11.3 Å². The lowest BCUT2D eigenvalue weighted by Gasteiger charge is -2.12. The molecule has 7 rings (SSSR count). The van der Waals surface area contributed by atoms with Crippen molar-refractivity contribution < 1.29 is 17.6 Å². The molecule has 1 heterocycles. The Morgan fingerprint density at radius 3 is 1.55 bits per heavy atom. The first kappa shape index (κ1) is 31.1. The van der Waals surface area contributed by atoms with Gasteiger partial charge >= 0.3 is 0 Å². The molecule has 0 spiro atoms. The van der Waals surface area contributed by atoms with Crippen molar-refractivity contribution in [2.75, 3.05) is 0 Å². The fraction of sp³-hybridized carbons (Fsp3) is 0.0500. The van der Waals surface area contributed by atoms with Crippen LogP contribution in [0.15, 0.2) is 84.5 Å². The van der Waals surface area contributed by atoms with E-state index < -0.39 is 17.5 Å². The van der Waals surface area contributed by atoms with Crippen molar-refractivity contribution in [3.63, 3.8) is 0 Å². The maximum atomic E-state index is 14.8. The van der Waals surface area contributed by atoms with E-state index in [1.807, 2.05) is 42.5 Å². The van der Waals surface area contributed by atoms with E-state index in [2.05, 4.69) is 6.58 Å². The fourth-order valence-electron chi connectivity index (χ4n) is 6.64. The summed E-state index contributed by atoms with van der Waals surface area (Å²) in [4.78, 5) is 1.18. The average molecular weight is 663 g/mol. The topological polar surface area (TPSA) is 95.2 Å². The Labute approximate surface area is 282 Å². The Morgan fingerprint density at radius 1 is 0.633 bits per heavy atom. The van der Waals surface area contributed by atoms with Crippen molar-refractivity contribution in [2.45, 2.75) is 13.3 Å². The predicted molar refractivity (Wildman–Crippen MR) is 179 cm³/mol. The second-order valence-corrected chi connectivity index (χ2v) is 12.5. The Morgan fingerprint density at radius 2 is 1.10 bits per heavy atom. The molecule has 0 fully saturated rings. The van der Waals surface area contributed by atoms with Crippen LogP contribution in [0, 0.1) is 75.5 Å². The Hall–Kier alpha value is -6.52. The molecule has 2 aliphatic rings. The lowest BCUT2D eigenvalue weighted by Crippen LogP contribution is -1.95. The van der Waals surface area contributed by atoms with Crippen LogP contribution in [0.1, 0.15) is 32.0 Å². The number of hydrogen-bond donors (Lipinski definition) is 0. The molecule has 0 bridgehead atoms. The molecule has 0 saturated heterocycles. The van der Waals surface area contributed by atoms with Gasteiger partial charge in [-0.25, -0.2) is 17.6 Å². The summed E-state index contributed by atoms with van der Waals surface area (Å²) in [6, 6.07) is 23.7. The summed E-state index contributed by atoms with van der Waals surface area (Å²) in [6.45, 7) is 5.41. The molecule has 9 heteroatoms. The van der Waals surface area contributed by atoms with Gasteiger partial charge in [0.2, 0.25) is 0 Å². The summed E-state index contributed by atoms with van der Waals surface area (Å²) in [7, 11) is 0. The third-order valence-electron chi connectivity index (χ3n) is 8.77. The quantitative estimate of drug-likeness (QED) is 0.0811. The zero-order valence-electron chi connectivity index (χ0n) is 25.5. The highest BCUT2D eigenvalue weighted by atomic mass is 32.1. The fourth-order valence-corrected chi connectivity index (χ4v) is 8.11. The van der Waals surface area contributed by atoms with E-state index in [4.69, 9.17) is 0 Å². The molecule has 0 radical (unpaired) electrons. The standard InChI is InChI=1S/C40H18F4N4S/c1-3-4-22-10-23(9-19(2)37(22)43)20-5-7-27-29(11-20)33(25(15-45)16-46)39-35(27)36-28-8-6-21(24-13-31(41)38(44)32(42)14-24)12-30(28)34(40(36)49-39)26(17-47)18-48/h3,5-14H,1,4H2,2H3. The maximum absolute atomic E-state index is 14.8. The van der Waals surface area contributed by atoms with Crippen LogP contribution in [0.5, 0.6) is 0 Å². The number of hydrogen-bond acceptors (Lipinski definition) is 5. The third kappa shape index (κ3) is 4.61. The van der Waals surface area contributed by atoms with Crippen LogP contribution < -0.4 is 0 Å². The number of benzene rings is 4. The number of fused-ring (bicyclic) bond motifs is 7. The number of halogens is 4. The molecular formula is C40H18F4N4S. The molecule has 4 nitrogen and oxygen atoms in total. The number of nitriles is 4. The molecule has 0 N–H and O–H groups in total. The molecule has 0 unspecified atom stereocenters. The van der Waals surface area contributed by atoms with Crippen LogP contribution in [-0.4, -0.2) is 0 Å². The van der Waals surface area contributed by atoms with Gasteiger partial charge < -0.3 is 0 Å². The summed E-state index contributed by atoms with van der Waals surface area (Å²) in [5.74, 6) is -4.61. The highest BCUT2D eigenvalue weighted by Crippen LogP contribution is 2.61. The van der Waals surface area contributed by atoms with E-state index in [1.165, 1.54) is 11.3 Å². The highest BCUT2D eigenvalue weighted by Gasteiger charge is 2.39. The second-order valence-electron chi connectivity index (χ2n) is 11.5. The van der Waals surface area contributed by atoms with E-state index in [9.17, 15) is 38.6 Å². The van der Waals surface area contributed by atoms with Crippen molar-refractivity contribution in [1.29, 1.82) is 21.0 Å². The van der Waals surface area contributed by atoms with Gasteiger partial charge in [0.25, 0.3) is 0 Å². The Kier molecular flexibility index (Phi) is 7.38. The summed E-state index contributed by atoms with van der Waals surface area (Å²) in [5.41, 5.74) is 7.08. The number of allylic oxidation sites excluding steroid dienone is 3. The zero-order chi connectivity index (χ0) is 34.7. The SMILES string of the molecule is C=CCc1cc(-c2ccc3c(c2)C(=C(C#N)C#N)c2sc4c(c2-3)-c2ccc(-c3cc(F)c(F)c(F)c3)cc2C4=C(C#N)C#N)cc(C)c1F. The van der Waals surface area contributed by atoms with Crippen molar-refractivity contribution in [3.05, 3.63) is 140 Å². The third-order valence-corrected chi connectivity index (χ3v) is 10.00. The summed E-state index contributed by atoms with van der Waals surface area (Å²) in [5, 5.41) is 40.1. The molecule has 0 amide bonds. The van der Waals surface area contributed by atoms with Gasteiger partial charge in [-0.1, -0.05) is 30.3 Å². The number of aryl methyl sites for hydroxylation is 1. The normalized spacial score (nSPS) is 11.8. The molecular weight excluding hydrogens is 645 g/mol. The van der Waals surface area contributed by atoms with Crippen molar-refractivity contribution in [2.24, 2.45) is 0 Å². The van der Waals surface area contributed by atoms with Crippen molar-refractivity contribution in [1.82, 2.24) is 0 Å². The number of nitrogens with zero attached hydrogens (tertiary/aromatic N) is 4. The monoisotopic (exact) mass is 662 g/mol. The summed E-state index contributed by atoms with van der Waals surface area (Å²) < 4.78 is 56.9. The van der Waals surface area contributed by atoms with Crippen LogP contribution in [0.4, 0.5) is 17.6 Å². The first-order valence-corrected chi connectivity index (χ1v) is 15.6. The molecule has 2 aliphatic carbocycles. The van der Waals surface area contributed by atoms with E-state index in [1.54, 1.807) is 43.3 Å². The molecule has 232 valence electrons. The summed E-state index contributed by atoms with van der Waals surface area (Å²) in [6.07, 6.45) is 1.96. The van der Waals surface area contributed by atoms with Crippen LogP contribution in [-0.2, 0) is 6.42 Å². The predicted octanol–water partition coefficient (Wildman–Crippen LogP) is 10.3. The average Bonchev–Trinajstić information content (AvgIpc) is 3.72. The smallest absolute Gasteiger partial charge is 0.194 e. The van der Waals surface area contributed by atoms with E-state index in [-0.39, 0.29) is 22.5 Å². The summed E-state index contributed by atoms with van der Waals surface area (Å²) >= 11 is 1.23. The molecule has 0 atom stereocenters. The maximum Gasteiger partial charge on any atom is 0.194 e. The zero-order valence-corrected chi connectivity index (χ0v) is 26.3. The first-order valence-electron chi connectivity index (χ1n) is 14.8. The Bertz CT molecular complexity index is 2540. The molecule has 0 saturated carbocycles. The minimum Gasteiger partial charge on any atom is -0.206 e. The van der Waals surface area contributed by atoms with Gasteiger partial charge in [-0.05, 0) is 105 Å². The first-order chi connectivity index (χ1) is 23.6. The van der Waals surface area contributed by atoms with Crippen LogP contribution in [0.2, 0.25) is 0 Å². The minimum absolute atomic E-state index is 0.0672. The van der Waals surface area contributed by atoms with E-state index in [0.29, 0.717) is 77.4 Å². The van der Waals surface area contributed by atoms with E-state index in [0.717, 1.165) is 23.3 Å². The van der Waals surface area contributed by atoms with Crippen LogP contribution in [0.25, 0.3) is 55.7 Å². The molecule has 4 aromatic carbocycles. The number of rotatable bonds is 4. The van der Waals surface area contributed by atoms with Gasteiger partial charge in [0.1, 0.15) is 41.2 Å². The van der Waals surface area contributed by atoms with E-state index >= 15 is 0 Å². The van der Waals surface area contributed by atoms with Gasteiger partial charge in [0.05, 0.1) is 0 Å². The Balaban J connectivity index is 1.49. The van der Waals surface area contributed by atoms with Gasteiger partial charge in [-0.2, -0.15) is 21.0 Å². The molecule has 1 aromatic heterocycles. The van der Waals surface area contributed by atoms with Gasteiger partial charge in [0.15, 0.2) is 17.5 Å².